The number of rotatable bonds is 3. The fourth-order valence-electron chi connectivity index (χ4n) is 2.83. The number of carbonyl (C=O) groups is 1. The smallest absolute Gasteiger partial charge is 0.270 e. The van der Waals surface area contributed by atoms with Crippen LogP contribution in [0.3, 0.4) is 0 Å². The number of nitrogens with zero attached hydrogens (tertiary/aromatic N) is 2. The standard InChI is InChI=1S/C15H15BrN2O3/c1-14(2)5-6-15(9-17,13(14)19)8-10-3-4-11(18(20)21)7-12(10)16/h3-4,7H,5-6,8H2,1-2H3. The SMILES string of the molecule is CC1(C)CCC(C#N)(Cc2ccc([N+](=O)[O-])cc2Br)C1=O. The molecule has 1 aliphatic carbocycles. The zero-order chi connectivity index (χ0) is 15.8. The molecule has 6 heteroatoms. The molecular weight excluding hydrogens is 336 g/mol. The van der Waals surface area contributed by atoms with E-state index >= 15 is 0 Å². The molecule has 1 aliphatic rings. The number of hydrogen-bond acceptors (Lipinski definition) is 4. The van der Waals surface area contributed by atoms with Crippen LogP contribution in [0.5, 0.6) is 0 Å². The lowest BCUT2D eigenvalue weighted by molar-refractivity contribution is -0.384. The first-order valence-corrected chi connectivity index (χ1v) is 7.40. The van der Waals surface area contributed by atoms with E-state index in [1.807, 2.05) is 13.8 Å². The number of benzene rings is 1. The number of nitro benzene ring substituents is 1. The third-order valence-electron chi connectivity index (χ3n) is 4.18. The average Bonchev–Trinajstić information content (AvgIpc) is 2.65. The van der Waals surface area contributed by atoms with Gasteiger partial charge in [0.15, 0.2) is 5.78 Å². The molecule has 1 aromatic rings. The van der Waals surface area contributed by atoms with Gasteiger partial charge < -0.3 is 0 Å². The molecule has 0 radical (unpaired) electrons. The van der Waals surface area contributed by atoms with Crippen molar-refractivity contribution in [3.8, 4) is 6.07 Å². The minimum Gasteiger partial charge on any atom is -0.297 e. The molecule has 0 N–H and O–H groups in total. The lowest BCUT2D eigenvalue weighted by atomic mass is 9.77. The maximum atomic E-state index is 12.5. The van der Waals surface area contributed by atoms with Crippen molar-refractivity contribution in [3.63, 3.8) is 0 Å². The highest BCUT2D eigenvalue weighted by Crippen LogP contribution is 2.47. The first-order valence-electron chi connectivity index (χ1n) is 6.61. The van der Waals surface area contributed by atoms with Crippen LogP contribution in [-0.4, -0.2) is 10.7 Å². The Morgan fingerprint density at radius 1 is 1.43 bits per heavy atom. The van der Waals surface area contributed by atoms with Crippen LogP contribution in [0.25, 0.3) is 0 Å². The number of Topliss-reactive ketones (excluding diaryl/α,β-unsaturated/α-hetero) is 1. The molecule has 0 amide bonds. The van der Waals surface area contributed by atoms with Crippen LogP contribution in [0.1, 0.15) is 32.3 Å². The summed E-state index contributed by atoms with van der Waals surface area (Å²) in [6, 6.07) is 6.61. The van der Waals surface area contributed by atoms with Gasteiger partial charge in [-0.3, -0.25) is 14.9 Å². The van der Waals surface area contributed by atoms with E-state index < -0.39 is 15.8 Å². The first-order chi connectivity index (χ1) is 9.72. The minimum absolute atomic E-state index is 0.0188. The highest BCUT2D eigenvalue weighted by atomic mass is 79.9. The molecule has 1 unspecified atom stereocenters. The van der Waals surface area contributed by atoms with Crippen LogP contribution in [0, 0.1) is 32.3 Å². The van der Waals surface area contributed by atoms with E-state index in [0.29, 0.717) is 17.3 Å². The van der Waals surface area contributed by atoms with Crippen LogP contribution in [0.15, 0.2) is 22.7 Å². The van der Waals surface area contributed by atoms with Crippen LogP contribution >= 0.6 is 15.9 Å². The van der Waals surface area contributed by atoms with Gasteiger partial charge in [0.25, 0.3) is 5.69 Å². The second-order valence-electron chi connectivity index (χ2n) is 6.12. The van der Waals surface area contributed by atoms with E-state index in [1.165, 1.54) is 12.1 Å². The molecule has 0 aromatic heterocycles. The van der Waals surface area contributed by atoms with E-state index in [0.717, 1.165) is 5.56 Å². The molecule has 0 aliphatic heterocycles. The molecule has 1 aromatic carbocycles. The van der Waals surface area contributed by atoms with Crippen LogP contribution < -0.4 is 0 Å². The largest absolute Gasteiger partial charge is 0.297 e. The number of halogens is 1. The third-order valence-corrected chi connectivity index (χ3v) is 4.92. The quantitative estimate of drug-likeness (QED) is 0.612. The maximum absolute atomic E-state index is 12.5. The average molecular weight is 351 g/mol. The van der Waals surface area contributed by atoms with Crippen molar-refractivity contribution >= 4 is 27.4 Å². The normalized spacial score (nSPS) is 23.8. The van der Waals surface area contributed by atoms with Crippen molar-refractivity contribution in [1.29, 1.82) is 5.26 Å². The van der Waals surface area contributed by atoms with Gasteiger partial charge in [0.05, 0.1) is 11.0 Å². The highest BCUT2D eigenvalue weighted by molar-refractivity contribution is 9.10. The molecular formula is C15H15BrN2O3. The second kappa shape index (κ2) is 5.23. The van der Waals surface area contributed by atoms with Gasteiger partial charge in [0.2, 0.25) is 0 Å². The van der Waals surface area contributed by atoms with Gasteiger partial charge >= 0.3 is 0 Å². The van der Waals surface area contributed by atoms with Crippen molar-refractivity contribution in [2.24, 2.45) is 10.8 Å². The van der Waals surface area contributed by atoms with Crippen molar-refractivity contribution in [2.75, 3.05) is 0 Å². The summed E-state index contributed by atoms with van der Waals surface area (Å²) in [5, 5.41) is 20.3. The first kappa shape index (κ1) is 15.6. The molecule has 110 valence electrons. The van der Waals surface area contributed by atoms with Gasteiger partial charge in [0.1, 0.15) is 5.41 Å². The van der Waals surface area contributed by atoms with E-state index in [4.69, 9.17) is 0 Å². The molecule has 21 heavy (non-hydrogen) atoms. The van der Waals surface area contributed by atoms with Crippen molar-refractivity contribution < 1.29 is 9.72 Å². The molecule has 1 fully saturated rings. The Kier molecular flexibility index (Phi) is 3.89. The van der Waals surface area contributed by atoms with Crippen molar-refractivity contribution in [1.82, 2.24) is 0 Å². The lowest BCUT2D eigenvalue weighted by Crippen LogP contribution is -2.33. The fourth-order valence-corrected chi connectivity index (χ4v) is 3.34. The Balaban J connectivity index is 2.35. The molecule has 0 spiro atoms. The molecule has 0 saturated heterocycles. The summed E-state index contributed by atoms with van der Waals surface area (Å²) >= 11 is 3.30. The number of ketones is 1. The summed E-state index contributed by atoms with van der Waals surface area (Å²) in [5.74, 6) is -0.0391. The van der Waals surface area contributed by atoms with Gasteiger partial charge in [-0.15, -0.1) is 0 Å². The zero-order valence-electron chi connectivity index (χ0n) is 11.9. The summed E-state index contributed by atoms with van der Waals surface area (Å²) in [7, 11) is 0. The van der Waals surface area contributed by atoms with Crippen LogP contribution in [0.2, 0.25) is 0 Å². The Bertz CT molecular complexity index is 663. The maximum Gasteiger partial charge on any atom is 0.270 e. The topological polar surface area (TPSA) is 84.0 Å². The van der Waals surface area contributed by atoms with E-state index in [2.05, 4.69) is 22.0 Å². The van der Waals surface area contributed by atoms with Crippen molar-refractivity contribution in [2.45, 2.75) is 33.1 Å². The Hall–Kier alpha value is -1.74. The molecule has 0 heterocycles. The highest BCUT2D eigenvalue weighted by Gasteiger charge is 2.52. The monoisotopic (exact) mass is 350 g/mol. The van der Waals surface area contributed by atoms with Gasteiger partial charge in [-0.05, 0) is 24.8 Å². The Labute approximate surface area is 131 Å². The van der Waals surface area contributed by atoms with E-state index in [1.54, 1.807) is 6.07 Å². The van der Waals surface area contributed by atoms with Crippen LogP contribution in [0.4, 0.5) is 5.69 Å². The number of nitro groups is 1. The summed E-state index contributed by atoms with van der Waals surface area (Å²) < 4.78 is 0.559. The number of non-ortho nitro benzene ring substituents is 1. The Morgan fingerprint density at radius 3 is 2.52 bits per heavy atom. The summed E-state index contributed by atoms with van der Waals surface area (Å²) in [6.07, 6.45) is 1.49. The van der Waals surface area contributed by atoms with Gasteiger partial charge in [-0.2, -0.15) is 5.26 Å². The third kappa shape index (κ3) is 2.70. The van der Waals surface area contributed by atoms with E-state index in [9.17, 15) is 20.2 Å². The molecule has 1 saturated carbocycles. The Morgan fingerprint density at radius 2 is 2.10 bits per heavy atom. The van der Waals surface area contributed by atoms with Gasteiger partial charge in [-0.1, -0.05) is 35.8 Å². The molecule has 2 rings (SSSR count). The predicted octanol–water partition coefficient (Wildman–Crippen LogP) is 3.80. The van der Waals surface area contributed by atoms with Gasteiger partial charge in [-0.25, -0.2) is 0 Å². The van der Waals surface area contributed by atoms with E-state index in [-0.39, 0.29) is 17.9 Å². The fraction of sp³-hybridized carbons (Fsp3) is 0.467. The van der Waals surface area contributed by atoms with Crippen LogP contribution in [-0.2, 0) is 11.2 Å². The molecule has 5 nitrogen and oxygen atoms in total. The summed E-state index contributed by atoms with van der Waals surface area (Å²) in [6.45, 7) is 3.72. The molecule has 1 atom stereocenters. The predicted molar refractivity (Wildman–Crippen MR) is 80.6 cm³/mol. The number of nitriles is 1. The number of carbonyl (C=O) groups excluding carboxylic acids is 1. The molecule has 0 bridgehead atoms. The van der Waals surface area contributed by atoms with Crippen molar-refractivity contribution in [3.05, 3.63) is 38.3 Å². The zero-order valence-corrected chi connectivity index (χ0v) is 13.4. The van der Waals surface area contributed by atoms with Gasteiger partial charge in [0, 0.05) is 22.0 Å². The second-order valence-corrected chi connectivity index (χ2v) is 6.97. The summed E-state index contributed by atoms with van der Waals surface area (Å²) in [5.41, 5.74) is -0.784. The lowest BCUT2D eigenvalue weighted by Gasteiger charge is -2.22. The number of hydrogen-bond donors (Lipinski definition) is 0. The summed E-state index contributed by atoms with van der Waals surface area (Å²) in [4.78, 5) is 22.8. The minimum atomic E-state index is -1.03.